The smallest absolute Gasteiger partial charge is 0.235 e. The van der Waals surface area contributed by atoms with Gasteiger partial charge in [-0.15, -0.1) is 21.5 Å². The molecule has 1 N–H and O–H groups in total. The first kappa shape index (κ1) is 20.9. The van der Waals surface area contributed by atoms with Crippen LogP contribution in [0.3, 0.4) is 0 Å². The lowest BCUT2D eigenvalue weighted by molar-refractivity contribution is -0.113. The van der Waals surface area contributed by atoms with E-state index in [1.807, 2.05) is 37.5 Å². The van der Waals surface area contributed by atoms with Gasteiger partial charge in [0, 0.05) is 6.54 Å². The molecular formula is C20H21N5O2S2. The topological polar surface area (TPSA) is 92.8 Å². The Morgan fingerprint density at radius 3 is 2.90 bits per heavy atom. The minimum Gasteiger partial charge on any atom is -0.485 e. The van der Waals surface area contributed by atoms with Crippen LogP contribution < -0.4 is 10.1 Å². The van der Waals surface area contributed by atoms with Gasteiger partial charge in [-0.1, -0.05) is 29.5 Å². The van der Waals surface area contributed by atoms with Crippen LogP contribution in [0.4, 0.5) is 5.00 Å². The second-order valence-corrected chi connectivity index (χ2v) is 8.17. The zero-order chi connectivity index (χ0) is 20.8. The van der Waals surface area contributed by atoms with Crippen molar-refractivity contribution in [1.29, 1.82) is 5.26 Å². The summed E-state index contributed by atoms with van der Waals surface area (Å²) in [5.41, 5.74) is 2.73. The Balaban J connectivity index is 1.60. The lowest BCUT2D eigenvalue weighted by atomic mass is 10.1. The predicted molar refractivity (Wildman–Crippen MR) is 114 cm³/mol. The first-order chi connectivity index (χ1) is 14.0. The number of thioether (sulfide) groups is 1. The van der Waals surface area contributed by atoms with E-state index in [1.165, 1.54) is 28.7 Å². The van der Waals surface area contributed by atoms with E-state index in [0.29, 0.717) is 34.7 Å². The quantitative estimate of drug-likeness (QED) is 0.543. The molecule has 0 aliphatic carbocycles. The fourth-order valence-electron chi connectivity index (χ4n) is 2.74. The Labute approximate surface area is 177 Å². The van der Waals surface area contributed by atoms with Gasteiger partial charge in [0.2, 0.25) is 5.91 Å². The van der Waals surface area contributed by atoms with Crippen LogP contribution in [-0.4, -0.2) is 26.4 Å². The van der Waals surface area contributed by atoms with Crippen LogP contribution in [0.25, 0.3) is 0 Å². The van der Waals surface area contributed by atoms with Crippen molar-refractivity contribution in [1.82, 2.24) is 14.8 Å². The molecule has 1 aromatic carbocycles. The number of nitrogens with one attached hydrogen (secondary N) is 1. The van der Waals surface area contributed by atoms with Gasteiger partial charge in [-0.05, 0) is 43.8 Å². The van der Waals surface area contributed by atoms with Gasteiger partial charge in [-0.3, -0.25) is 4.79 Å². The van der Waals surface area contributed by atoms with E-state index < -0.39 is 0 Å². The highest BCUT2D eigenvalue weighted by Crippen LogP contribution is 2.24. The van der Waals surface area contributed by atoms with Crippen molar-refractivity contribution >= 4 is 34.0 Å². The Morgan fingerprint density at radius 2 is 2.17 bits per heavy atom. The number of amides is 1. The van der Waals surface area contributed by atoms with Crippen LogP contribution in [0.15, 0.2) is 34.8 Å². The number of hydrogen-bond acceptors (Lipinski definition) is 7. The predicted octanol–water partition coefficient (Wildman–Crippen LogP) is 4.16. The SMILES string of the molecule is CCn1c(COc2ccc(C)cc2C)nnc1SCC(=O)Nc1sccc1C#N. The van der Waals surface area contributed by atoms with E-state index in [-0.39, 0.29) is 11.7 Å². The standard InChI is InChI=1S/C20H21N5O2S2/c1-4-25-17(11-27-16-6-5-13(2)9-14(16)3)23-24-20(25)29-12-18(26)22-19-15(10-21)7-8-28-19/h5-9H,4,11-12H2,1-3H3,(H,22,26). The summed E-state index contributed by atoms with van der Waals surface area (Å²) in [6.45, 7) is 7.03. The van der Waals surface area contributed by atoms with Gasteiger partial charge in [0.25, 0.3) is 0 Å². The lowest BCUT2D eigenvalue weighted by Gasteiger charge is -2.11. The molecule has 0 unspecified atom stereocenters. The van der Waals surface area contributed by atoms with Gasteiger partial charge in [0.15, 0.2) is 11.0 Å². The van der Waals surface area contributed by atoms with Crippen molar-refractivity contribution < 1.29 is 9.53 Å². The number of carbonyl (C=O) groups excluding carboxylic acids is 1. The Morgan fingerprint density at radius 1 is 1.34 bits per heavy atom. The average Bonchev–Trinajstić information content (AvgIpc) is 3.31. The maximum atomic E-state index is 12.2. The molecular weight excluding hydrogens is 406 g/mol. The lowest BCUT2D eigenvalue weighted by Crippen LogP contribution is -2.14. The van der Waals surface area contributed by atoms with Crippen LogP contribution in [-0.2, 0) is 17.9 Å². The highest BCUT2D eigenvalue weighted by atomic mass is 32.2. The average molecular weight is 428 g/mol. The normalized spacial score (nSPS) is 10.6. The second-order valence-electron chi connectivity index (χ2n) is 6.31. The van der Waals surface area contributed by atoms with Gasteiger partial charge in [-0.2, -0.15) is 5.26 Å². The molecule has 150 valence electrons. The molecule has 1 amide bonds. The summed E-state index contributed by atoms with van der Waals surface area (Å²) in [5.74, 6) is 1.52. The van der Waals surface area contributed by atoms with Crippen LogP contribution in [0.5, 0.6) is 5.75 Å². The first-order valence-electron chi connectivity index (χ1n) is 9.04. The van der Waals surface area contributed by atoms with E-state index in [1.54, 1.807) is 11.4 Å². The fraction of sp³-hybridized carbons (Fsp3) is 0.300. The Bertz CT molecular complexity index is 1050. The highest BCUT2D eigenvalue weighted by Gasteiger charge is 2.15. The summed E-state index contributed by atoms with van der Waals surface area (Å²) in [6.07, 6.45) is 0. The molecule has 9 heteroatoms. The number of nitrogens with zero attached hydrogens (tertiary/aromatic N) is 4. The molecule has 0 atom stereocenters. The number of anilines is 1. The van der Waals surface area contributed by atoms with Crippen molar-refractivity contribution in [2.75, 3.05) is 11.1 Å². The summed E-state index contributed by atoms with van der Waals surface area (Å²) in [4.78, 5) is 12.2. The third kappa shape index (κ3) is 5.16. The summed E-state index contributed by atoms with van der Waals surface area (Å²) in [5, 5.41) is 23.2. The van der Waals surface area contributed by atoms with Crippen LogP contribution in [0, 0.1) is 25.2 Å². The minimum absolute atomic E-state index is 0.179. The number of benzene rings is 1. The molecule has 0 spiro atoms. The molecule has 29 heavy (non-hydrogen) atoms. The van der Waals surface area contributed by atoms with Gasteiger partial charge >= 0.3 is 0 Å². The highest BCUT2D eigenvalue weighted by molar-refractivity contribution is 7.99. The van der Waals surface area contributed by atoms with E-state index in [9.17, 15) is 4.79 Å². The molecule has 0 saturated carbocycles. The molecule has 3 aromatic rings. The van der Waals surface area contributed by atoms with Crippen molar-refractivity contribution in [2.45, 2.75) is 39.1 Å². The van der Waals surface area contributed by atoms with E-state index >= 15 is 0 Å². The summed E-state index contributed by atoms with van der Waals surface area (Å²) >= 11 is 2.64. The summed E-state index contributed by atoms with van der Waals surface area (Å²) in [6, 6.07) is 9.79. The molecule has 0 saturated heterocycles. The maximum Gasteiger partial charge on any atom is 0.235 e. The number of carbonyl (C=O) groups is 1. The van der Waals surface area contributed by atoms with Gasteiger partial charge < -0.3 is 14.6 Å². The van der Waals surface area contributed by atoms with Gasteiger partial charge in [-0.25, -0.2) is 0 Å². The number of rotatable bonds is 8. The number of thiophene rings is 1. The third-order valence-corrected chi connectivity index (χ3v) is 5.96. The van der Waals surface area contributed by atoms with Crippen molar-refractivity contribution in [3.63, 3.8) is 0 Å². The monoisotopic (exact) mass is 427 g/mol. The van der Waals surface area contributed by atoms with Crippen molar-refractivity contribution in [2.24, 2.45) is 0 Å². The molecule has 7 nitrogen and oxygen atoms in total. The maximum absolute atomic E-state index is 12.2. The molecule has 0 radical (unpaired) electrons. The van der Waals surface area contributed by atoms with Crippen molar-refractivity contribution in [3.05, 3.63) is 52.2 Å². The molecule has 0 fully saturated rings. The second kappa shape index (κ2) is 9.58. The molecule has 0 bridgehead atoms. The Kier molecular flexibility index (Phi) is 6.90. The minimum atomic E-state index is -0.187. The van der Waals surface area contributed by atoms with Gasteiger partial charge in [0.1, 0.15) is 23.4 Å². The zero-order valence-corrected chi connectivity index (χ0v) is 18.1. The van der Waals surface area contributed by atoms with E-state index in [4.69, 9.17) is 10.00 Å². The third-order valence-electron chi connectivity index (χ3n) is 4.17. The van der Waals surface area contributed by atoms with Crippen LogP contribution >= 0.6 is 23.1 Å². The van der Waals surface area contributed by atoms with E-state index in [2.05, 4.69) is 27.6 Å². The number of nitriles is 1. The largest absolute Gasteiger partial charge is 0.485 e. The number of aryl methyl sites for hydroxylation is 2. The van der Waals surface area contributed by atoms with Crippen molar-refractivity contribution in [3.8, 4) is 11.8 Å². The van der Waals surface area contributed by atoms with Crippen LogP contribution in [0.1, 0.15) is 29.4 Å². The number of aromatic nitrogens is 3. The van der Waals surface area contributed by atoms with Gasteiger partial charge in [0.05, 0.1) is 11.3 Å². The summed E-state index contributed by atoms with van der Waals surface area (Å²) < 4.78 is 7.85. The van der Waals surface area contributed by atoms with E-state index in [0.717, 1.165) is 11.3 Å². The first-order valence-corrected chi connectivity index (χ1v) is 10.9. The molecule has 3 rings (SSSR count). The zero-order valence-electron chi connectivity index (χ0n) is 16.4. The molecule has 2 heterocycles. The number of ether oxygens (including phenoxy) is 1. The molecule has 2 aromatic heterocycles. The Hall–Kier alpha value is -2.83. The molecule has 0 aliphatic heterocycles. The van der Waals surface area contributed by atoms with Crippen LogP contribution in [0.2, 0.25) is 0 Å². The fourth-order valence-corrected chi connectivity index (χ4v) is 4.32. The summed E-state index contributed by atoms with van der Waals surface area (Å²) in [7, 11) is 0. The number of hydrogen-bond donors (Lipinski definition) is 1. The molecule has 0 aliphatic rings.